The number of nitrogens with zero attached hydrogens (tertiary/aromatic N) is 1. The van der Waals surface area contributed by atoms with Gasteiger partial charge in [-0.15, -0.1) is 11.3 Å². The first-order valence-electron chi connectivity index (χ1n) is 8.11. The molecule has 26 heavy (non-hydrogen) atoms. The van der Waals surface area contributed by atoms with Crippen molar-refractivity contribution in [2.75, 3.05) is 6.79 Å². The molecule has 0 saturated heterocycles. The minimum absolute atomic E-state index is 0.0739. The number of fused-ring (bicyclic) bond motifs is 2. The van der Waals surface area contributed by atoms with Crippen LogP contribution in [-0.2, 0) is 17.6 Å². The van der Waals surface area contributed by atoms with Crippen LogP contribution in [0.1, 0.15) is 27.3 Å². The van der Waals surface area contributed by atoms with Gasteiger partial charge in [0, 0.05) is 18.6 Å². The molecule has 132 valence electrons. The Morgan fingerprint density at radius 1 is 1.15 bits per heavy atom. The Labute approximate surface area is 153 Å². The number of rotatable bonds is 6. The standard InChI is InChI=1S/C19H15NO5S/c21-13(5-4-11-2-1-3-12(6-11)19(22)23)7-18-20-14-8-15-16(25-10-24-15)9-17(14)26-18/h1-3,6,8-9H,4-5,7,10H2,(H,22,23). The maximum atomic E-state index is 12.3. The van der Waals surface area contributed by atoms with Crippen LogP contribution in [0, 0.1) is 0 Å². The summed E-state index contributed by atoms with van der Waals surface area (Å²) in [5.41, 5.74) is 1.88. The first-order chi connectivity index (χ1) is 12.6. The number of carbonyl (C=O) groups is 2. The summed E-state index contributed by atoms with van der Waals surface area (Å²) in [6.07, 6.45) is 1.13. The summed E-state index contributed by atoms with van der Waals surface area (Å²) in [7, 11) is 0. The van der Waals surface area contributed by atoms with E-state index >= 15 is 0 Å². The van der Waals surface area contributed by atoms with Crippen molar-refractivity contribution in [3.8, 4) is 11.5 Å². The topological polar surface area (TPSA) is 85.7 Å². The van der Waals surface area contributed by atoms with E-state index in [1.807, 2.05) is 18.2 Å². The number of aromatic carboxylic acids is 1. The highest BCUT2D eigenvalue weighted by atomic mass is 32.1. The number of aryl methyl sites for hydroxylation is 1. The fraction of sp³-hybridized carbons (Fsp3) is 0.211. The quantitative estimate of drug-likeness (QED) is 0.716. The average molecular weight is 369 g/mol. The van der Waals surface area contributed by atoms with Crippen LogP contribution in [0.25, 0.3) is 10.2 Å². The van der Waals surface area contributed by atoms with Gasteiger partial charge in [0.25, 0.3) is 0 Å². The first kappa shape index (κ1) is 16.5. The summed E-state index contributed by atoms with van der Waals surface area (Å²) in [4.78, 5) is 27.8. The summed E-state index contributed by atoms with van der Waals surface area (Å²) in [6.45, 7) is 0.223. The molecule has 0 aliphatic carbocycles. The highest BCUT2D eigenvalue weighted by molar-refractivity contribution is 7.18. The molecule has 0 bridgehead atoms. The van der Waals surface area contributed by atoms with Gasteiger partial charge in [0.2, 0.25) is 6.79 Å². The molecule has 1 aromatic heterocycles. The smallest absolute Gasteiger partial charge is 0.335 e. The molecule has 1 aliphatic rings. The second kappa shape index (κ2) is 6.76. The number of carbonyl (C=O) groups excluding carboxylic acids is 1. The van der Waals surface area contributed by atoms with Crippen LogP contribution in [0.4, 0.5) is 0 Å². The maximum Gasteiger partial charge on any atom is 0.335 e. The van der Waals surface area contributed by atoms with Crippen LogP contribution in [0.5, 0.6) is 11.5 Å². The van der Waals surface area contributed by atoms with Crippen LogP contribution >= 0.6 is 11.3 Å². The molecule has 3 aromatic rings. The van der Waals surface area contributed by atoms with Crippen molar-refractivity contribution in [3.63, 3.8) is 0 Å². The highest BCUT2D eigenvalue weighted by Gasteiger charge is 2.17. The second-order valence-corrected chi connectivity index (χ2v) is 7.12. The van der Waals surface area contributed by atoms with Gasteiger partial charge >= 0.3 is 5.97 Å². The molecular formula is C19H15NO5S. The number of ketones is 1. The van der Waals surface area contributed by atoms with Gasteiger partial charge in [0.05, 0.1) is 22.2 Å². The normalized spacial score (nSPS) is 12.5. The van der Waals surface area contributed by atoms with Crippen molar-refractivity contribution in [1.82, 2.24) is 4.98 Å². The van der Waals surface area contributed by atoms with Gasteiger partial charge in [-0.2, -0.15) is 0 Å². The van der Waals surface area contributed by atoms with Gasteiger partial charge in [-0.05, 0) is 24.1 Å². The van der Waals surface area contributed by atoms with Gasteiger partial charge in [-0.1, -0.05) is 12.1 Å². The molecule has 0 radical (unpaired) electrons. The Morgan fingerprint density at radius 3 is 2.77 bits per heavy atom. The van der Waals surface area contributed by atoms with Gasteiger partial charge in [-0.3, -0.25) is 4.79 Å². The Balaban J connectivity index is 1.41. The molecular weight excluding hydrogens is 354 g/mol. The van der Waals surface area contributed by atoms with Crippen LogP contribution in [-0.4, -0.2) is 28.6 Å². The third kappa shape index (κ3) is 3.39. The monoisotopic (exact) mass is 369 g/mol. The van der Waals surface area contributed by atoms with Gasteiger partial charge < -0.3 is 14.6 Å². The van der Waals surface area contributed by atoms with Crippen LogP contribution in [0.3, 0.4) is 0 Å². The van der Waals surface area contributed by atoms with E-state index in [-0.39, 0.29) is 24.6 Å². The molecule has 0 amide bonds. The lowest BCUT2D eigenvalue weighted by molar-refractivity contribution is -0.118. The highest BCUT2D eigenvalue weighted by Crippen LogP contribution is 2.38. The molecule has 0 atom stereocenters. The van der Waals surface area contributed by atoms with Crippen molar-refractivity contribution in [1.29, 1.82) is 0 Å². The van der Waals surface area contributed by atoms with Crippen molar-refractivity contribution in [2.24, 2.45) is 0 Å². The minimum Gasteiger partial charge on any atom is -0.478 e. The molecule has 4 rings (SSSR count). The Bertz CT molecular complexity index is 969. The summed E-state index contributed by atoms with van der Waals surface area (Å²) < 4.78 is 11.7. The number of carboxylic acid groups (broad SMARTS) is 1. The van der Waals surface area contributed by atoms with Crippen molar-refractivity contribution < 1.29 is 24.2 Å². The van der Waals surface area contributed by atoms with Gasteiger partial charge in [0.15, 0.2) is 11.5 Å². The lowest BCUT2D eigenvalue weighted by Crippen LogP contribution is -2.05. The third-order valence-electron chi connectivity index (χ3n) is 4.14. The number of thiazole rings is 1. The van der Waals surface area contributed by atoms with Crippen LogP contribution < -0.4 is 9.47 Å². The van der Waals surface area contributed by atoms with E-state index in [1.54, 1.807) is 18.2 Å². The molecule has 1 N–H and O–H groups in total. The summed E-state index contributed by atoms with van der Waals surface area (Å²) in [5.74, 6) is 0.494. The number of benzene rings is 2. The van der Waals surface area contributed by atoms with E-state index in [0.717, 1.165) is 20.8 Å². The van der Waals surface area contributed by atoms with Crippen molar-refractivity contribution in [3.05, 3.63) is 52.5 Å². The summed E-state index contributed by atoms with van der Waals surface area (Å²) >= 11 is 1.47. The Morgan fingerprint density at radius 2 is 1.96 bits per heavy atom. The van der Waals surface area contributed by atoms with E-state index < -0.39 is 5.97 Å². The maximum absolute atomic E-state index is 12.3. The Kier molecular flexibility index (Phi) is 4.30. The van der Waals surface area contributed by atoms with E-state index in [1.165, 1.54) is 11.3 Å². The van der Waals surface area contributed by atoms with E-state index in [4.69, 9.17) is 14.6 Å². The molecule has 0 spiro atoms. The number of hydrogen-bond donors (Lipinski definition) is 1. The summed E-state index contributed by atoms with van der Waals surface area (Å²) in [6, 6.07) is 10.4. The zero-order valence-electron chi connectivity index (χ0n) is 13.7. The predicted molar refractivity (Wildman–Crippen MR) is 96.2 cm³/mol. The number of hydrogen-bond acceptors (Lipinski definition) is 6. The number of ether oxygens (including phenoxy) is 2. The molecule has 0 unspecified atom stereocenters. The lowest BCUT2D eigenvalue weighted by atomic mass is 10.0. The van der Waals surface area contributed by atoms with Crippen molar-refractivity contribution in [2.45, 2.75) is 19.3 Å². The van der Waals surface area contributed by atoms with Gasteiger partial charge in [-0.25, -0.2) is 9.78 Å². The van der Waals surface area contributed by atoms with E-state index in [0.29, 0.717) is 24.3 Å². The molecule has 6 nitrogen and oxygen atoms in total. The molecule has 2 aromatic carbocycles. The SMILES string of the molecule is O=C(CCc1cccc(C(=O)O)c1)Cc1nc2cc3c(cc2s1)OCO3. The molecule has 0 fully saturated rings. The number of carboxylic acids is 1. The first-order valence-corrected chi connectivity index (χ1v) is 8.93. The van der Waals surface area contributed by atoms with E-state index in [2.05, 4.69) is 4.98 Å². The zero-order valence-corrected chi connectivity index (χ0v) is 14.5. The largest absolute Gasteiger partial charge is 0.478 e. The molecule has 0 saturated carbocycles. The fourth-order valence-corrected chi connectivity index (χ4v) is 3.85. The zero-order chi connectivity index (χ0) is 18.1. The van der Waals surface area contributed by atoms with Crippen LogP contribution in [0.2, 0.25) is 0 Å². The van der Waals surface area contributed by atoms with Crippen LogP contribution in [0.15, 0.2) is 36.4 Å². The predicted octanol–water partition coefficient (Wildman–Crippen LogP) is 3.47. The Hall–Kier alpha value is -2.93. The fourth-order valence-electron chi connectivity index (χ4n) is 2.84. The number of aromatic nitrogens is 1. The lowest BCUT2D eigenvalue weighted by Gasteiger charge is -2.02. The minimum atomic E-state index is -0.965. The molecule has 1 aliphatic heterocycles. The number of Topliss-reactive ketones (excluding diaryl/α,β-unsaturated/α-hetero) is 1. The molecule has 7 heteroatoms. The van der Waals surface area contributed by atoms with Crippen molar-refractivity contribution >= 4 is 33.3 Å². The van der Waals surface area contributed by atoms with Gasteiger partial charge in [0.1, 0.15) is 10.8 Å². The third-order valence-corrected chi connectivity index (χ3v) is 5.16. The second-order valence-electron chi connectivity index (χ2n) is 6.00. The average Bonchev–Trinajstić information content (AvgIpc) is 3.23. The van der Waals surface area contributed by atoms with E-state index in [9.17, 15) is 9.59 Å². The molecule has 2 heterocycles. The summed E-state index contributed by atoms with van der Waals surface area (Å²) in [5, 5.41) is 9.78.